The molecule has 0 aromatic heterocycles. The largest absolute Gasteiger partial charge is 0.349 e. The predicted octanol–water partition coefficient (Wildman–Crippen LogP) is 4.96. The van der Waals surface area contributed by atoms with Gasteiger partial charge in [0.1, 0.15) is 5.82 Å². The van der Waals surface area contributed by atoms with Crippen molar-refractivity contribution in [2.24, 2.45) is 5.92 Å². The third-order valence-electron chi connectivity index (χ3n) is 4.74. The number of benzene rings is 2. The van der Waals surface area contributed by atoms with Crippen molar-refractivity contribution < 1.29 is 9.18 Å². The number of hydrogen-bond donors (Lipinski definition) is 1. The lowest BCUT2D eigenvalue weighted by molar-refractivity contribution is -0.121. The molecule has 0 aliphatic heterocycles. The SMILES string of the molecule is CC1CCCc2ccccc2C1NC(=O)Cc1cc(Br)ccc1F. The van der Waals surface area contributed by atoms with Crippen LogP contribution in [-0.2, 0) is 17.6 Å². The fourth-order valence-electron chi connectivity index (χ4n) is 3.45. The quantitative estimate of drug-likeness (QED) is 0.738. The molecule has 1 aliphatic rings. The smallest absolute Gasteiger partial charge is 0.225 e. The van der Waals surface area contributed by atoms with E-state index in [9.17, 15) is 9.18 Å². The normalized spacial score (nSPS) is 20.1. The van der Waals surface area contributed by atoms with Crippen LogP contribution in [0.3, 0.4) is 0 Å². The van der Waals surface area contributed by atoms with Gasteiger partial charge in [0, 0.05) is 4.47 Å². The third-order valence-corrected chi connectivity index (χ3v) is 5.23. The number of fused-ring (bicyclic) bond motifs is 1. The Kier molecular flexibility index (Phi) is 5.34. The molecule has 3 rings (SSSR count). The zero-order valence-corrected chi connectivity index (χ0v) is 15.3. The minimum atomic E-state index is -0.345. The first kappa shape index (κ1) is 17.2. The molecule has 2 aromatic carbocycles. The minimum absolute atomic E-state index is 0.00795. The second-order valence-electron chi connectivity index (χ2n) is 6.53. The summed E-state index contributed by atoms with van der Waals surface area (Å²) in [5, 5.41) is 3.14. The Morgan fingerprint density at radius 1 is 1.29 bits per heavy atom. The van der Waals surface area contributed by atoms with Crippen LogP contribution >= 0.6 is 15.9 Å². The third kappa shape index (κ3) is 3.86. The highest BCUT2D eigenvalue weighted by atomic mass is 79.9. The maximum absolute atomic E-state index is 13.9. The van der Waals surface area contributed by atoms with Crippen LogP contribution < -0.4 is 5.32 Å². The lowest BCUT2D eigenvalue weighted by Gasteiger charge is -2.25. The average Bonchev–Trinajstić information content (AvgIpc) is 2.71. The van der Waals surface area contributed by atoms with Gasteiger partial charge in [0.05, 0.1) is 12.5 Å². The van der Waals surface area contributed by atoms with E-state index < -0.39 is 0 Å². The Bertz CT molecular complexity index is 746. The number of aryl methyl sites for hydroxylation is 1. The fourth-order valence-corrected chi connectivity index (χ4v) is 3.86. The van der Waals surface area contributed by atoms with Gasteiger partial charge in [0.15, 0.2) is 0 Å². The topological polar surface area (TPSA) is 29.1 Å². The second-order valence-corrected chi connectivity index (χ2v) is 7.44. The number of hydrogen-bond acceptors (Lipinski definition) is 1. The van der Waals surface area contributed by atoms with Crippen molar-refractivity contribution >= 4 is 21.8 Å². The maximum atomic E-state index is 13.9. The molecule has 0 saturated heterocycles. The van der Waals surface area contributed by atoms with Crippen molar-refractivity contribution in [3.8, 4) is 0 Å². The van der Waals surface area contributed by atoms with E-state index in [4.69, 9.17) is 0 Å². The van der Waals surface area contributed by atoms with Crippen molar-refractivity contribution in [2.45, 2.75) is 38.6 Å². The van der Waals surface area contributed by atoms with Crippen LogP contribution in [0, 0.1) is 11.7 Å². The average molecular weight is 390 g/mol. The van der Waals surface area contributed by atoms with Gasteiger partial charge >= 0.3 is 0 Å². The molecule has 1 amide bonds. The van der Waals surface area contributed by atoms with Crippen molar-refractivity contribution in [3.05, 3.63) is 69.4 Å². The van der Waals surface area contributed by atoms with Gasteiger partial charge in [0.2, 0.25) is 5.91 Å². The van der Waals surface area contributed by atoms with Crippen LogP contribution in [0.2, 0.25) is 0 Å². The summed E-state index contributed by atoms with van der Waals surface area (Å²) >= 11 is 3.33. The van der Waals surface area contributed by atoms with E-state index in [0.29, 0.717) is 11.5 Å². The molecule has 0 spiro atoms. The van der Waals surface area contributed by atoms with E-state index in [1.807, 2.05) is 12.1 Å². The van der Waals surface area contributed by atoms with Crippen LogP contribution in [0.1, 0.15) is 42.5 Å². The molecule has 24 heavy (non-hydrogen) atoms. The minimum Gasteiger partial charge on any atom is -0.349 e. The molecule has 0 saturated carbocycles. The first-order valence-electron chi connectivity index (χ1n) is 8.35. The highest BCUT2D eigenvalue weighted by Gasteiger charge is 2.26. The highest BCUT2D eigenvalue weighted by Crippen LogP contribution is 2.33. The Labute approximate surface area is 150 Å². The highest BCUT2D eigenvalue weighted by molar-refractivity contribution is 9.10. The van der Waals surface area contributed by atoms with E-state index in [2.05, 4.69) is 40.3 Å². The number of carbonyl (C=O) groups excluding carboxylic acids is 1. The number of nitrogens with one attached hydrogen (secondary N) is 1. The van der Waals surface area contributed by atoms with Crippen molar-refractivity contribution in [1.29, 1.82) is 0 Å². The summed E-state index contributed by atoms with van der Waals surface area (Å²) in [5.74, 6) is -0.117. The zero-order valence-electron chi connectivity index (χ0n) is 13.7. The fraction of sp³-hybridized carbons (Fsp3) is 0.350. The van der Waals surface area contributed by atoms with E-state index in [1.54, 1.807) is 12.1 Å². The van der Waals surface area contributed by atoms with Gasteiger partial charge in [-0.3, -0.25) is 4.79 Å². The van der Waals surface area contributed by atoms with Gasteiger partial charge < -0.3 is 5.32 Å². The Hall–Kier alpha value is -1.68. The van der Waals surface area contributed by atoms with Crippen molar-refractivity contribution in [2.75, 3.05) is 0 Å². The first-order chi connectivity index (χ1) is 11.5. The van der Waals surface area contributed by atoms with Crippen LogP contribution in [0.4, 0.5) is 4.39 Å². The molecule has 2 unspecified atom stereocenters. The van der Waals surface area contributed by atoms with Gasteiger partial charge in [-0.05, 0) is 60.1 Å². The molecule has 1 aliphatic carbocycles. The number of rotatable bonds is 3. The summed E-state index contributed by atoms with van der Waals surface area (Å²) in [6.45, 7) is 2.17. The van der Waals surface area contributed by atoms with E-state index in [1.165, 1.54) is 17.2 Å². The Balaban J connectivity index is 1.79. The summed E-state index contributed by atoms with van der Waals surface area (Å²) < 4.78 is 14.7. The molecule has 0 bridgehead atoms. The summed E-state index contributed by atoms with van der Waals surface area (Å²) in [6.07, 6.45) is 3.31. The standard InChI is InChI=1S/C20H21BrFNO/c1-13-5-4-7-14-6-2-3-8-17(14)20(13)23-19(24)12-15-11-16(21)9-10-18(15)22/h2-3,6,8-11,13,20H,4-5,7,12H2,1H3,(H,23,24). The van der Waals surface area contributed by atoms with Gasteiger partial charge in [-0.2, -0.15) is 0 Å². The molecule has 0 radical (unpaired) electrons. The molecular formula is C20H21BrFNO. The van der Waals surface area contributed by atoms with Gasteiger partial charge in [-0.25, -0.2) is 4.39 Å². The lowest BCUT2D eigenvalue weighted by atomic mass is 9.92. The van der Waals surface area contributed by atoms with Crippen molar-refractivity contribution in [3.63, 3.8) is 0 Å². The van der Waals surface area contributed by atoms with Crippen LogP contribution in [0.25, 0.3) is 0 Å². The molecule has 2 atom stereocenters. The molecule has 126 valence electrons. The first-order valence-corrected chi connectivity index (χ1v) is 9.15. The molecule has 0 fully saturated rings. The summed E-state index contributed by atoms with van der Waals surface area (Å²) in [6, 6.07) is 13.0. The molecule has 0 heterocycles. The molecule has 2 nitrogen and oxygen atoms in total. The molecular weight excluding hydrogens is 369 g/mol. The van der Waals surface area contributed by atoms with Crippen LogP contribution in [0.15, 0.2) is 46.9 Å². The van der Waals surface area contributed by atoms with Gasteiger partial charge in [-0.1, -0.05) is 47.1 Å². The Morgan fingerprint density at radius 3 is 2.92 bits per heavy atom. The molecule has 2 aromatic rings. The van der Waals surface area contributed by atoms with Crippen molar-refractivity contribution in [1.82, 2.24) is 5.32 Å². The summed E-state index contributed by atoms with van der Waals surface area (Å²) in [7, 11) is 0. The number of halogens is 2. The maximum Gasteiger partial charge on any atom is 0.225 e. The predicted molar refractivity (Wildman–Crippen MR) is 97.2 cm³/mol. The number of carbonyl (C=O) groups is 1. The van der Waals surface area contributed by atoms with Gasteiger partial charge in [0.25, 0.3) is 0 Å². The van der Waals surface area contributed by atoms with E-state index in [0.717, 1.165) is 23.7 Å². The summed E-state index contributed by atoms with van der Waals surface area (Å²) in [5.41, 5.74) is 2.92. The van der Waals surface area contributed by atoms with Crippen LogP contribution in [0.5, 0.6) is 0 Å². The summed E-state index contributed by atoms with van der Waals surface area (Å²) in [4.78, 5) is 12.5. The van der Waals surface area contributed by atoms with Gasteiger partial charge in [-0.15, -0.1) is 0 Å². The van der Waals surface area contributed by atoms with Crippen LogP contribution in [-0.4, -0.2) is 5.91 Å². The molecule has 1 N–H and O–H groups in total. The monoisotopic (exact) mass is 389 g/mol. The Morgan fingerprint density at radius 2 is 2.08 bits per heavy atom. The van der Waals surface area contributed by atoms with E-state index in [-0.39, 0.29) is 24.2 Å². The number of amides is 1. The molecule has 4 heteroatoms. The zero-order chi connectivity index (χ0) is 17.1. The lowest BCUT2D eigenvalue weighted by Crippen LogP contribution is -2.33. The van der Waals surface area contributed by atoms with E-state index >= 15 is 0 Å². The second kappa shape index (κ2) is 7.47.